The number of allylic oxidation sites excluding steroid dienone is 1. The molecule has 0 bridgehead atoms. The van der Waals surface area contributed by atoms with Gasteiger partial charge in [-0.15, -0.1) is 0 Å². The molecule has 0 saturated heterocycles. The van der Waals surface area contributed by atoms with Crippen LogP contribution in [0, 0.1) is 46.3 Å². The Labute approximate surface area is 241 Å². The van der Waals surface area contributed by atoms with Crippen LogP contribution in [0.4, 0.5) is 4.79 Å². The Hall–Kier alpha value is -1.03. The average molecular weight is 543 g/mol. The van der Waals surface area contributed by atoms with Crippen LogP contribution in [0.1, 0.15) is 125 Å². The summed E-state index contributed by atoms with van der Waals surface area (Å²) in [6.45, 7) is 14.2. The van der Waals surface area contributed by atoms with Crippen molar-refractivity contribution >= 4 is 6.09 Å². The lowest BCUT2D eigenvalue weighted by Crippen LogP contribution is -2.50. The largest absolute Gasteiger partial charge is 0.446 e. The van der Waals surface area contributed by atoms with Gasteiger partial charge in [0.1, 0.15) is 6.10 Å². The lowest BCUT2D eigenvalue weighted by atomic mass is 9.47. The maximum atomic E-state index is 12.5. The maximum Gasteiger partial charge on any atom is 0.407 e. The zero-order chi connectivity index (χ0) is 28.2. The number of unbranched alkanes of at least 4 members (excludes halogenated alkanes) is 1. The Kier molecular flexibility index (Phi) is 10.5. The van der Waals surface area contributed by atoms with E-state index in [2.05, 4.69) is 65.0 Å². The highest BCUT2D eigenvalue weighted by Crippen LogP contribution is 2.66. The molecule has 0 aliphatic heterocycles. The lowest BCUT2D eigenvalue weighted by Gasteiger charge is -2.58. The molecule has 4 rings (SSSR count). The van der Waals surface area contributed by atoms with Crippen molar-refractivity contribution in [2.45, 2.75) is 131 Å². The molecule has 224 valence electrons. The highest BCUT2D eigenvalue weighted by molar-refractivity contribution is 5.67. The molecule has 0 radical (unpaired) electrons. The third-order valence-corrected chi connectivity index (χ3v) is 12.4. The monoisotopic (exact) mass is 542 g/mol. The van der Waals surface area contributed by atoms with Gasteiger partial charge < -0.3 is 15.0 Å². The smallest absolute Gasteiger partial charge is 0.407 e. The van der Waals surface area contributed by atoms with E-state index in [0.29, 0.717) is 17.4 Å². The van der Waals surface area contributed by atoms with E-state index < -0.39 is 0 Å². The molecule has 1 amide bonds. The van der Waals surface area contributed by atoms with E-state index in [1.807, 2.05) is 0 Å². The van der Waals surface area contributed by atoms with Crippen molar-refractivity contribution < 1.29 is 9.53 Å². The van der Waals surface area contributed by atoms with Crippen molar-refractivity contribution in [1.29, 1.82) is 0 Å². The first-order valence-electron chi connectivity index (χ1n) is 16.9. The molecule has 7 unspecified atom stereocenters. The fourth-order valence-corrected chi connectivity index (χ4v) is 9.88. The number of ether oxygens (including phenoxy) is 1. The van der Waals surface area contributed by atoms with E-state index in [0.717, 1.165) is 67.7 Å². The van der Waals surface area contributed by atoms with Gasteiger partial charge in [-0.3, -0.25) is 0 Å². The van der Waals surface area contributed by atoms with Gasteiger partial charge in [0.15, 0.2) is 0 Å². The molecular formula is C35H62N2O2. The predicted molar refractivity (Wildman–Crippen MR) is 164 cm³/mol. The van der Waals surface area contributed by atoms with Crippen LogP contribution >= 0.6 is 0 Å². The molecule has 8 atom stereocenters. The summed E-state index contributed by atoms with van der Waals surface area (Å²) in [6, 6.07) is 0. The van der Waals surface area contributed by atoms with E-state index in [-0.39, 0.29) is 12.2 Å². The molecule has 39 heavy (non-hydrogen) atoms. The summed E-state index contributed by atoms with van der Waals surface area (Å²) in [5.41, 5.74) is 2.49. The second kappa shape index (κ2) is 13.3. The van der Waals surface area contributed by atoms with Crippen LogP contribution in [0.2, 0.25) is 0 Å². The van der Waals surface area contributed by atoms with Gasteiger partial charge in [-0.2, -0.15) is 0 Å². The van der Waals surface area contributed by atoms with E-state index in [1.54, 1.807) is 5.57 Å². The first-order valence-corrected chi connectivity index (χ1v) is 16.9. The Morgan fingerprint density at radius 3 is 2.59 bits per heavy atom. The summed E-state index contributed by atoms with van der Waals surface area (Å²) in [5, 5.41) is 2.99. The molecule has 1 N–H and O–H groups in total. The number of carbonyl (C=O) groups is 1. The van der Waals surface area contributed by atoms with E-state index >= 15 is 0 Å². The van der Waals surface area contributed by atoms with E-state index in [4.69, 9.17) is 4.74 Å². The number of alkyl carbamates (subject to hydrolysis) is 1. The molecular weight excluding hydrogens is 480 g/mol. The quantitative estimate of drug-likeness (QED) is 0.198. The number of hydrogen-bond acceptors (Lipinski definition) is 3. The van der Waals surface area contributed by atoms with Crippen LogP contribution in [0.3, 0.4) is 0 Å². The van der Waals surface area contributed by atoms with Gasteiger partial charge in [0.05, 0.1) is 0 Å². The average Bonchev–Trinajstić information content (AvgIpc) is 3.22. The number of amides is 1. The normalized spacial score (nSPS) is 36.6. The van der Waals surface area contributed by atoms with Crippen molar-refractivity contribution in [3.05, 3.63) is 11.6 Å². The van der Waals surface area contributed by atoms with Gasteiger partial charge in [0.2, 0.25) is 0 Å². The third-order valence-electron chi connectivity index (χ3n) is 12.4. The minimum atomic E-state index is -0.216. The van der Waals surface area contributed by atoms with E-state index in [1.165, 1.54) is 64.2 Å². The Balaban J connectivity index is 1.30. The summed E-state index contributed by atoms with van der Waals surface area (Å²) in [5.74, 6) is 5.28. The fourth-order valence-electron chi connectivity index (χ4n) is 9.88. The number of nitrogens with one attached hydrogen (secondary N) is 1. The van der Waals surface area contributed by atoms with Crippen LogP contribution in [-0.4, -0.2) is 44.3 Å². The molecule has 0 aromatic heterocycles. The van der Waals surface area contributed by atoms with Gasteiger partial charge in [0.25, 0.3) is 0 Å². The second-order valence-electron chi connectivity index (χ2n) is 15.1. The van der Waals surface area contributed by atoms with Crippen LogP contribution in [-0.2, 0) is 4.74 Å². The Morgan fingerprint density at radius 2 is 1.87 bits per heavy atom. The topological polar surface area (TPSA) is 41.6 Å². The van der Waals surface area contributed by atoms with Gasteiger partial charge in [-0.05, 0) is 131 Å². The first kappa shape index (κ1) is 30.9. The van der Waals surface area contributed by atoms with Crippen molar-refractivity contribution in [2.24, 2.45) is 46.3 Å². The number of carbonyl (C=O) groups excluding carboxylic acids is 1. The molecule has 0 aromatic rings. The maximum absolute atomic E-state index is 12.5. The minimum absolute atomic E-state index is 0.0464. The molecule has 0 spiro atoms. The summed E-state index contributed by atoms with van der Waals surface area (Å²) in [7, 11) is 4.18. The third kappa shape index (κ3) is 6.90. The lowest BCUT2D eigenvalue weighted by molar-refractivity contribution is -0.0520. The standard InChI is InChI=1S/C35H62N2O2/c1-8-26(25(2)3)12-11-13-27-15-17-31-30-16-14-28-24-29(39-33(38)36-22-9-10-23-37(6)7)18-20-35(28,5)32(30)19-21-34(27,31)4/h14,25-27,29-32H,8-13,15-24H2,1-7H3,(H,36,38)/t26-,27?,29?,30?,31?,32?,34?,35?/m1/s1. The summed E-state index contributed by atoms with van der Waals surface area (Å²) in [4.78, 5) is 14.7. The number of fused-ring (bicyclic) bond motifs is 5. The number of rotatable bonds is 12. The predicted octanol–water partition coefficient (Wildman–Crippen LogP) is 8.85. The molecule has 4 nitrogen and oxygen atoms in total. The highest BCUT2D eigenvalue weighted by Gasteiger charge is 2.58. The van der Waals surface area contributed by atoms with Crippen LogP contribution < -0.4 is 5.32 Å². The highest BCUT2D eigenvalue weighted by atomic mass is 16.6. The Morgan fingerprint density at radius 1 is 1.08 bits per heavy atom. The minimum Gasteiger partial charge on any atom is -0.446 e. The fraction of sp³-hybridized carbons (Fsp3) is 0.914. The Bertz CT molecular complexity index is 837. The summed E-state index contributed by atoms with van der Waals surface area (Å²) < 4.78 is 5.92. The first-order chi connectivity index (χ1) is 18.6. The van der Waals surface area contributed by atoms with E-state index in [9.17, 15) is 4.79 Å². The van der Waals surface area contributed by atoms with Gasteiger partial charge in [0, 0.05) is 13.0 Å². The second-order valence-corrected chi connectivity index (χ2v) is 15.1. The van der Waals surface area contributed by atoms with Crippen molar-refractivity contribution in [3.8, 4) is 0 Å². The van der Waals surface area contributed by atoms with Crippen molar-refractivity contribution in [3.63, 3.8) is 0 Å². The molecule has 3 fully saturated rings. The molecule has 0 aromatic carbocycles. The number of hydrogen-bond donors (Lipinski definition) is 1. The van der Waals surface area contributed by atoms with Gasteiger partial charge in [-0.25, -0.2) is 4.79 Å². The number of nitrogens with zero attached hydrogens (tertiary/aromatic N) is 1. The SMILES string of the molecule is CC[C@H](CCCC1CCC2C3CC=C4CC(OC(=O)NCCCCN(C)C)CCC4(C)C3CCC12C)C(C)C. The molecule has 4 aliphatic carbocycles. The molecule has 4 heteroatoms. The van der Waals surface area contributed by atoms with Crippen LogP contribution in [0.15, 0.2) is 11.6 Å². The summed E-state index contributed by atoms with van der Waals surface area (Å²) in [6.07, 6.45) is 20.4. The zero-order valence-corrected chi connectivity index (χ0v) is 26.7. The molecule has 0 heterocycles. The molecule has 4 aliphatic rings. The van der Waals surface area contributed by atoms with Crippen molar-refractivity contribution in [2.75, 3.05) is 27.2 Å². The van der Waals surface area contributed by atoms with Gasteiger partial charge in [-0.1, -0.05) is 65.5 Å². The van der Waals surface area contributed by atoms with Crippen LogP contribution in [0.25, 0.3) is 0 Å². The van der Waals surface area contributed by atoms with Crippen LogP contribution in [0.5, 0.6) is 0 Å². The molecule has 3 saturated carbocycles. The summed E-state index contributed by atoms with van der Waals surface area (Å²) >= 11 is 0. The van der Waals surface area contributed by atoms with Crippen molar-refractivity contribution in [1.82, 2.24) is 10.2 Å². The van der Waals surface area contributed by atoms with Gasteiger partial charge >= 0.3 is 6.09 Å². The zero-order valence-electron chi connectivity index (χ0n) is 26.7.